The Morgan fingerprint density at radius 2 is 2.14 bits per heavy atom. The van der Waals surface area contributed by atoms with Crippen molar-refractivity contribution in [2.45, 2.75) is 12.2 Å². The van der Waals surface area contributed by atoms with Crippen molar-refractivity contribution in [3.05, 3.63) is 11.1 Å². The number of oxime groups is 1. The van der Waals surface area contributed by atoms with Gasteiger partial charge in [0, 0.05) is 5.38 Å². The van der Waals surface area contributed by atoms with Crippen molar-refractivity contribution in [2.75, 3.05) is 18.6 Å². The lowest BCUT2D eigenvalue weighted by Gasteiger charge is -2.46. The lowest BCUT2D eigenvalue weighted by Crippen LogP contribution is -2.77. The number of imide groups is 1. The maximum atomic E-state index is 12.6. The minimum absolute atomic E-state index is 0.0192. The number of nitrogen functional groups attached to an aromatic ring is 1. The minimum Gasteiger partial charge on any atom is -0.398 e. The monoisotopic (exact) mass is 464 g/mol. The summed E-state index contributed by atoms with van der Waals surface area (Å²) >= 11 is 1.59. The van der Waals surface area contributed by atoms with Crippen LogP contribution in [0, 0.1) is 0 Å². The summed E-state index contributed by atoms with van der Waals surface area (Å²) in [6.07, 6.45) is -1.76. The number of aromatic nitrogens is 1. The Kier molecular flexibility index (Phi) is 5.48. The molecule has 0 radical (unpaired) electrons. The summed E-state index contributed by atoms with van der Waals surface area (Å²) in [5, 5.41) is 6.37. The molecule has 0 spiro atoms. The number of amides is 4. The molecule has 2 saturated heterocycles. The average Bonchev–Trinajstić information content (AvgIpc) is 3.19. The lowest BCUT2D eigenvalue weighted by atomic mass is 10.0. The van der Waals surface area contributed by atoms with E-state index in [1.807, 2.05) is 0 Å². The smallest absolute Gasteiger partial charge is 0.364 e. The molecule has 14 nitrogen and oxygen atoms in total. The zero-order valence-electron chi connectivity index (χ0n) is 14.3. The average molecular weight is 464 g/mol. The molecule has 29 heavy (non-hydrogen) atoms. The van der Waals surface area contributed by atoms with Gasteiger partial charge in [0.25, 0.3) is 17.1 Å². The molecule has 1 unspecified atom stereocenters. The highest BCUT2D eigenvalue weighted by atomic mass is 32.2. The number of anilines is 1. The molecule has 0 aromatic carbocycles. The molecule has 1 aromatic rings. The number of nitrogens with zero attached hydrogens (tertiary/aromatic N) is 4. The van der Waals surface area contributed by atoms with Gasteiger partial charge in [-0.05, 0) is 0 Å². The quantitative estimate of drug-likeness (QED) is 0.186. The van der Waals surface area contributed by atoms with Crippen LogP contribution < -0.4 is 11.1 Å². The summed E-state index contributed by atoms with van der Waals surface area (Å²) in [5.41, 5.74) is 5.15. The second-order valence-corrected chi connectivity index (χ2v) is 8.59. The van der Waals surface area contributed by atoms with Gasteiger partial charge in [0.2, 0.25) is 5.91 Å². The Morgan fingerprint density at radius 3 is 2.62 bits per heavy atom. The number of thiazole rings is 1. The number of carbonyl (C=O) groups is 4. The Morgan fingerprint density at radius 1 is 1.45 bits per heavy atom. The van der Waals surface area contributed by atoms with Crippen LogP contribution >= 0.6 is 23.1 Å². The molecule has 0 saturated carbocycles. The summed E-state index contributed by atoms with van der Waals surface area (Å²) in [6, 6.07) is -1.64. The van der Waals surface area contributed by atoms with Crippen LogP contribution in [0.4, 0.5) is 9.93 Å². The largest absolute Gasteiger partial charge is 0.398 e. The summed E-state index contributed by atoms with van der Waals surface area (Å²) in [6.45, 7) is 0. The summed E-state index contributed by atoms with van der Waals surface area (Å²) in [7, 11) is -3.95. The normalized spacial score (nSPS) is 22.7. The Bertz CT molecular complexity index is 1020. The van der Waals surface area contributed by atoms with Gasteiger partial charge in [-0.25, -0.2) is 9.88 Å². The van der Waals surface area contributed by atoms with Crippen LogP contribution in [-0.2, 0) is 29.5 Å². The molecule has 156 valence electrons. The van der Waals surface area contributed by atoms with E-state index in [0.29, 0.717) is 16.7 Å². The highest BCUT2D eigenvalue weighted by molar-refractivity contribution is 8.14. The first-order valence-electron chi connectivity index (χ1n) is 7.49. The van der Waals surface area contributed by atoms with E-state index in [1.165, 1.54) is 5.38 Å². The van der Waals surface area contributed by atoms with Crippen LogP contribution in [-0.4, -0.2) is 80.9 Å². The van der Waals surface area contributed by atoms with Crippen molar-refractivity contribution in [3.63, 3.8) is 0 Å². The van der Waals surface area contributed by atoms with Crippen LogP contribution in [0.5, 0.6) is 0 Å². The fourth-order valence-corrected chi connectivity index (χ4v) is 4.72. The number of thioether (sulfide) groups is 1. The zero-order chi connectivity index (χ0) is 21.5. The van der Waals surface area contributed by atoms with Gasteiger partial charge in [-0.1, -0.05) is 16.9 Å². The SMILES string of the molecule is CO/N=C(\C(=O)N[C@@H]1C(=O)N(S(=O)(=O)O)C1N1C(=O)CSC1=O)c1csc(N)n1. The fourth-order valence-electron chi connectivity index (χ4n) is 2.61. The van der Waals surface area contributed by atoms with Gasteiger partial charge in [-0.2, -0.15) is 12.7 Å². The van der Waals surface area contributed by atoms with Crippen LogP contribution in [0.3, 0.4) is 0 Å². The second-order valence-electron chi connectivity index (χ2n) is 5.49. The molecular formula is C12H12N6O8S3. The third-order valence-electron chi connectivity index (χ3n) is 3.77. The number of hydrogen-bond donors (Lipinski definition) is 3. The van der Waals surface area contributed by atoms with Gasteiger partial charge in [0.1, 0.15) is 12.8 Å². The highest BCUT2D eigenvalue weighted by Gasteiger charge is 2.60. The topological polar surface area (TPSA) is 202 Å². The van der Waals surface area contributed by atoms with Crippen LogP contribution in [0.1, 0.15) is 5.69 Å². The van der Waals surface area contributed by atoms with E-state index in [4.69, 9.17) is 5.73 Å². The lowest BCUT2D eigenvalue weighted by molar-refractivity contribution is -0.154. The van der Waals surface area contributed by atoms with Gasteiger partial charge in [-0.3, -0.25) is 23.7 Å². The van der Waals surface area contributed by atoms with Crippen molar-refractivity contribution in [3.8, 4) is 0 Å². The molecule has 4 N–H and O–H groups in total. The summed E-state index contributed by atoms with van der Waals surface area (Å²) < 4.78 is 32.3. The fraction of sp³-hybridized carbons (Fsp3) is 0.333. The molecule has 2 fully saturated rings. The van der Waals surface area contributed by atoms with Crippen molar-refractivity contribution in [2.24, 2.45) is 5.16 Å². The number of nitrogens with one attached hydrogen (secondary N) is 1. The molecule has 1 aromatic heterocycles. The Labute approximate surface area is 170 Å². The molecule has 0 bridgehead atoms. The van der Waals surface area contributed by atoms with Crippen molar-refractivity contribution < 1.29 is 37.0 Å². The number of rotatable bonds is 6. The molecule has 3 rings (SSSR count). The number of carbonyl (C=O) groups excluding carboxylic acids is 4. The van der Waals surface area contributed by atoms with Gasteiger partial charge >= 0.3 is 10.3 Å². The van der Waals surface area contributed by atoms with Crippen LogP contribution in [0.25, 0.3) is 0 Å². The zero-order valence-corrected chi connectivity index (χ0v) is 16.8. The van der Waals surface area contributed by atoms with Gasteiger partial charge in [0.05, 0.1) is 5.75 Å². The number of hydrogen-bond acceptors (Lipinski definition) is 12. The number of nitrogens with two attached hydrogens (primary N) is 1. The molecule has 4 amide bonds. The second kappa shape index (κ2) is 7.58. The third-order valence-corrected chi connectivity index (χ3v) is 6.17. The minimum atomic E-state index is -5.10. The van der Waals surface area contributed by atoms with E-state index in [9.17, 15) is 32.1 Å². The molecule has 0 aliphatic carbocycles. The first-order valence-corrected chi connectivity index (χ1v) is 10.8. The van der Waals surface area contributed by atoms with Crippen LogP contribution in [0.15, 0.2) is 10.5 Å². The molecule has 2 aliphatic heterocycles. The van der Waals surface area contributed by atoms with Crippen molar-refractivity contribution in [1.82, 2.24) is 19.5 Å². The number of β-lactam (4-membered cyclic amide) rings is 1. The van der Waals surface area contributed by atoms with E-state index < -0.39 is 45.5 Å². The van der Waals surface area contributed by atoms with Crippen LogP contribution in [0.2, 0.25) is 0 Å². The Balaban J connectivity index is 1.90. The molecule has 17 heteroatoms. The molecule has 3 heterocycles. The van der Waals surface area contributed by atoms with Crippen molar-refractivity contribution >= 4 is 67.2 Å². The summed E-state index contributed by atoms with van der Waals surface area (Å²) in [5.74, 6) is -3.33. The van der Waals surface area contributed by atoms with E-state index in [2.05, 4.69) is 20.3 Å². The van der Waals surface area contributed by atoms with E-state index in [-0.39, 0.29) is 26.6 Å². The molecule has 2 atom stereocenters. The van der Waals surface area contributed by atoms with Gasteiger partial charge in [0.15, 0.2) is 23.1 Å². The van der Waals surface area contributed by atoms with E-state index in [0.717, 1.165) is 18.4 Å². The maximum absolute atomic E-state index is 12.6. The highest BCUT2D eigenvalue weighted by Crippen LogP contribution is 2.32. The van der Waals surface area contributed by atoms with E-state index >= 15 is 0 Å². The molecule has 2 aliphatic rings. The molecular weight excluding hydrogens is 452 g/mol. The predicted octanol–water partition coefficient (Wildman–Crippen LogP) is -1.77. The predicted molar refractivity (Wildman–Crippen MR) is 98.9 cm³/mol. The maximum Gasteiger partial charge on any atom is 0.364 e. The van der Waals surface area contributed by atoms with E-state index in [1.54, 1.807) is 0 Å². The van der Waals surface area contributed by atoms with Crippen molar-refractivity contribution in [1.29, 1.82) is 0 Å². The summed E-state index contributed by atoms with van der Waals surface area (Å²) in [4.78, 5) is 57.7. The third kappa shape index (κ3) is 3.76. The first-order chi connectivity index (χ1) is 13.6. The Hall–Kier alpha value is -2.76. The van der Waals surface area contributed by atoms with Gasteiger partial charge in [-0.15, -0.1) is 11.3 Å². The standard InChI is InChI=1S/C12H12N6O8S3/c1-26-16-6(4-2-27-11(13)14-4)8(20)15-7-9(17-5(19)3-28-12(17)22)18(10(7)21)29(23,24)25/h2,7,9H,3H2,1H3,(H2,13,14)(H,15,20)(H,23,24,25)/b16-6-/t7-,9?/m0/s1. The first kappa shape index (κ1) is 21.0. The van der Waals surface area contributed by atoms with Gasteiger partial charge < -0.3 is 15.9 Å².